The Balaban J connectivity index is 1.52. The standard InChI is InChI=1S/C19H26N4O4S/c1-22(2)18-10-11-19(21-20-18)27-17-9-6-12-23(15-17)28(24,25)14-13-26-16-7-4-3-5-8-16/h3-5,7-8,10-11,17H,6,9,12-15H2,1-2H3. The predicted molar refractivity (Wildman–Crippen MR) is 107 cm³/mol. The molecule has 0 radical (unpaired) electrons. The molecule has 1 fully saturated rings. The van der Waals surface area contributed by atoms with E-state index in [0.717, 1.165) is 18.7 Å². The van der Waals surface area contributed by atoms with E-state index in [9.17, 15) is 8.42 Å². The van der Waals surface area contributed by atoms with Gasteiger partial charge < -0.3 is 14.4 Å². The van der Waals surface area contributed by atoms with Crippen molar-refractivity contribution in [2.75, 3.05) is 44.4 Å². The van der Waals surface area contributed by atoms with E-state index in [2.05, 4.69) is 10.2 Å². The molecule has 3 rings (SSSR count). The minimum atomic E-state index is -3.41. The van der Waals surface area contributed by atoms with Crippen LogP contribution in [0, 0.1) is 0 Å². The monoisotopic (exact) mass is 406 g/mol. The largest absolute Gasteiger partial charge is 0.492 e. The molecular weight excluding hydrogens is 380 g/mol. The summed E-state index contributed by atoms with van der Waals surface area (Å²) in [6.07, 6.45) is 1.29. The maximum absolute atomic E-state index is 12.7. The summed E-state index contributed by atoms with van der Waals surface area (Å²) >= 11 is 0. The van der Waals surface area contributed by atoms with Gasteiger partial charge in [-0.05, 0) is 31.0 Å². The molecule has 0 spiro atoms. The van der Waals surface area contributed by atoms with Crippen LogP contribution in [0.3, 0.4) is 0 Å². The highest BCUT2D eigenvalue weighted by molar-refractivity contribution is 7.89. The minimum absolute atomic E-state index is 0.0635. The van der Waals surface area contributed by atoms with Gasteiger partial charge in [-0.2, -0.15) is 4.31 Å². The molecule has 0 amide bonds. The second kappa shape index (κ2) is 9.20. The van der Waals surface area contributed by atoms with Crippen LogP contribution in [0.5, 0.6) is 11.6 Å². The molecule has 1 unspecified atom stereocenters. The van der Waals surface area contributed by atoms with Crippen molar-refractivity contribution in [2.45, 2.75) is 18.9 Å². The number of hydrogen-bond acceptors (Lipinski definition) is 7. The van der Waals surface area contributed by atoms with E-state index in [0.29, 0.717) is 24.7 Å². The molecule has 8 nitrogen and oxygen atoms in total. The molecule has 0 N–H and O–H groups in total. The number of ether oxygens (including phenoxy) is 2. The van der Waals surface area contributed by atoms with Crippen LogP contribution in [0.25, 0.3) is 0 Å². The van der Waals surface area contributed by atoms with Gasteiger partial charge in [0.25, 0.3) is 0 Å². The highest BCUT2D eigenvalue weighted by atomic mass is 32.2. The van der Waals surface area contributed by atoms with Crippen LogP contribution in [-0.2, 0) is 10.0 Å². The summed E-state index contributed by atoms with van der Waals surface area (Å²) < 4.78 is 38.2. The quantitative estimate of drug-likeness (QED) is 0.661. The van der Waals surface area contributed by atoms with Gasteiger partial charge >= 0.3 is 0 Å². The lowest BCUT2D eigenvalue weighted by Gasteiger charge is -2.31. The lowest BCUT2D eigenvalue weighted by Crippen LogP contribution is -2.45. The van der Waals surface area contributed by atoms with E-state index in [1.165, 1.54) is 4.31 Å². The third kappa shape index (κ3) is 5.56. The van der Waals surface area contributed by atoms with E-state index in [1.807, 2.05) is 43.3 Å². The van der Waals surface area contributed by atoms with Gasteiger partial charge in [-0.1, -0.05) is 18.2 Å². The Kier molecular flexibility index (Phi) is 6.69. The molecule has 1 aromatic heterocycles. The van der Waals surface area contributed by atoms with Crippen LogP contribution in [0.15, 0.2) is 42.5 Å². The fourth-order valence-electron chi connectivity index (χ4n) is 2.95. The van der Waals surface area contributed by atoms with E-state index >= 15 is 0 Å². The van der Waals surface area contributed by atoms with Crippen molar-refractivity contribution in [1.29, 1.82) is 0 Å². The van der Waals surface area contributed by atoms with Gasteiger partial charge in [0.05, 0.1) is 12.3 Å². The number of sulfonamides is 1. The van der Waals surface area contributed by atoms with Gasteiger partial charge in [-0.3, -0.25) is 0 Å². The van der Waals surface area contributed by atoms with Crippen molar-refractivity contribution in [1.82, 2.24) is 14.5 Å². The van der Waals surface area contributed by atoms with Gasteiger partial charge in [0.15, 0.2) is 5.82 Å². The van der Waals surface area contributed by atoms with Gasteiger partial charge in [-0.25, -0.2) is 8.42 Å². The highest BCUT2D eigenvalue weighted by Crippen LogP contribution is 2.20. The van der Waals surface area contributed by atoms with Crippen LogP contribution in [0.2, 0.25) is 0 Å². The lowest BCUT2D eigenvalue weighted by atomic mass is 10.1. The third-order valence-corrected chi connectivity index (χ3v) is 6.26. The fourth-order valence-corrected chi connectivity index (χ4v) is 4.30. The first kappa shape index (κ1) is 20.3. The van der Waals surface area contributed by atoms with E-state index in [1.54, 1.807) is 18.2 Å². The highest BCUT2D eigenvalue weighted by Gasteiger charge is 2.30. The van der Waals surface area contributed by atoms with Crippen molar-refractivity contribution in [3.05, 3.63) is 42.5 Å². The normalized spacial score (nSPS) is 17.9. The van der Waals surface area contributed by atoms with Crippen LogP contribution in [0.1, 0.15) is 12.8 Å². The smallest absolute Gasteiger partial charge is 0.233 e. The first-order valence-electron chi connectivity index (χ1n) is 9.27. The fraction of sp³-hybridized carbons (Fsp3) is 0.474. The Hall–Kier alpha value is -2.39. The Morgan fingerprint density at radius 1 is 1.14 bits per heavy atom. The number of aromatic nitrogens is 2. The lowest BCUT2D eigenvalue weighted by molar-refractivity contribution is 0.123. The molecule has 2 heterocycles. The molecule has 0 bridgehead atoms. The average molecular weight is 407 g/mol. The molecular formula is C19H26N4O4S. The number of hydrogen-bond donors (Lipinski definition) is 0. The summed E-state index contributed by atoms with van der Waals surface area (Å²) in [5, 5.41) is 8.15. The van der Waals surface area contributed by atoms with Gasteiger partial charge in [-0.15, -0.1) is 10.2 Å². The molecule has 9 heteroatoms. The second-order valence-corrected chi connectivity index (χ2v) is 8.93. The predicted octanol–water partition coefficient (Wildman–Crippen LogP) is 1.79. The van der Waals surface area contributed by atoms with Crippen molar-refractivity contribution in [2.24, 2.45) is 0 Å². The Morgan fingerprint density at radius 3 is 2.61 bits per heavy atom. The summed E-state index contributed by atoms with van der Waals surface area (Å²) in [7, 11) is 0.359. The van der Waals surface area contributed by atoms with E-state index < -0.39 is 10.0 Å². The molecule has 28 heavy (non-hydrogen) atoms. The Bertz CT molecular complexity index is 844. The second-order valence-electron chi connectivity index (χ2n) is 6.84. The summed E-state index contributed by atoms with van der Waals surface area (Å²) in [5.41, 5.74) is 0. The number of benzene rings is 1. The van der Waals surface area contributed by atoms with Crippen LogP contribution >= 0.6 is 0 Å². The maximum atomic E-state index is 12.7. The van der Waals surface area contributed by atoms with Crippen molar-refractivity contribution in [3.8, 4) is 11.6 Å². The molecule has 1 aromatic carbocycles. The molecule has 1 aliphatic rings. The van der Waals surface area contributed by atoms with Crippen molar-refractivity contribution in [3.63, 3.8) is 0 Å². The van der Waals surface area contributed by atoms with Gasteiger partial charge in [0.2, 0.25) is 15.9 Å². The zero-order chi connectivity index (χ0) is 20.0. The van der Waals surface area contributed by atoms with Crippen LogP contribution in [0.4, 0.5) is 5.82 Å². The molecule has 1 saturated heterocycles. The number of anilines is 1. The first-order valence-corrected chi connectivity index (χ1v) is 10.9. The Labute approximate surface area is 166 Å². The van der Waals surface area contributed by atoms with Gasteiger partial charge in [0.1, 0.15) is 18.5 Å². The first-order chi connectivity index (χ1) is 13.4. The Morgan fingerprint density at radius 2 is 1.93 bits per heavy atom. The van der Waals surface area contributed by atoms with Crippen LogP contribution < -0.4 is 14.4 Å². The van der Waals surface area contributed by atoms with E-state index in [-0.39, 0.29) is 18.5 Å². The summed E-state index contributed by atoms with van der Waals surface area (Å²) in [4.78, 5) is 1.85. The molecule has 0 saturated carbocycles. The van der Waals surface area contributed by atoms with Gasteiger partial charge in [0, 0.05) is 26.7 Å². The number of piperidine rings is 1. The van der Waals surface area contributed by atoms with Crippen LogP contribution in [-0.4, -0.2) is 68.6 Å². The topological polar surface area (TPSA) is 84.9 Å². The number of rotatable bonds is 8. The molecule has 1 aliphatic heterocycles. The van der Waals surface area contributed by atoms with Crippen molar-refractivity contribution < 1.29 is 17.9 Å². The summed E-state index contributed by atoms with van der Waals surface area (Å²) in [5.74, 6) is 1.74. The van der Waals surface area contributed by atoms with Crippen molar-refractivity contribution >= 4 is 15.8 Å². The zero-order valence-electron chi connectivity index (χ0n) is 16.2. The zero-order valence-corrected chi connectivity index (χ0v) is 17.0. The summed E-state index contributed by atoms with van der Waals surface area (Å²) in [6, 6.07) is 12.8. The average Bonchev–Trinajstić information content (AvgIpc) is 2.69. The summed E-state index contributed by atoms with van der Waals surface area (Å²) in [6.45, 7) is 0.926. The molecule has 1 atom stereocenters. The maximum Gasteiger partial charge on any atom is 0.233 e. The van der Waals surface area contributed by atoms with E-state index in [4.69, 9.17) is 9.47 Å². The SMILES string of the molecule is CN(C)c1ccc(OC2CCCN(S(=O)(=O)CCOc3ccccc3)C2)nn1. The molecule has 2 aromatic rings. The molecule has 0 aliphatic carbocycles. The third-order valence-electron chi connectivity index (χ3n) is 4.46. The molecule has 152 valence electrons. The number of para-hydroxylation sites is 1. The minimum Gasteiger partial charge on any atom is -0.492 e. The number of nitrogens with zero attached hydrogens (tertiary/aromatic N) is 4.